The summed E-state index contributed by atoms with van der Waals surface area (Å²) in [4.78, 5) is 33.2. The predicted octanol–water partition coefficient (Wildman–Crippen LogP) is 1.65. The molecule has 0 aliphatic heterocycles. The molecule has 8 heteroatoms. The molecule has 0 heterocycles. The van der Waals surface area contributed by atoms with Crippen LogP contribution in [0.25, 0.3) is 0 Å². The topological polar surface area (TPSA) is 104 Å². The first-order valence-corrected chi connectivity index (χ1v) is 5.78. The van der Waals surface area contributed by atoms with E-state index in [1.807, 2.05) is 0 Å². The van der Waals surface area contributed by atoms with Gasteiger partial charge in [0.1, 0.15) is 6.04 Å². The van der Waals surface area contributed by atoms with Crippen LogP contribution in [0.4, 0.5) is 0 Å². The largest absolute Gasteiger partial charge is 0.481 e. The number of hydrogen-bond acceptors (Lipinski definition) is 3. The van der Waals surface area contributed by atoms with Crippen LogP contribution in [-0.4, -0.2) is 34.1 Å². The van der Waals surface area contributed by atoms with Crippen molar-refractivity contribution in [3.8, 4) is 0 Å². The second-order valence-electron chi connectivity index (χ2n) is 3.56. The number of nitrogens with one attached hydrogen (secondary N) is 1. The number of carboxylic acid groups (broad SMARTS) is 2. The fourth-order valence-corrected chi connectivity index (χ4v) is 1.89. The third-order valence-corrected chi connectivity index (χ3v) is 2.80. The van der Waals surface area contributed by atoms with Crippen LogP contribution >= 0.6 is 23.2 Å². The van der Waals surface area contributed by atoms with Crippen molar-refractivity contribution in [2.45, 2.75) is 12.5 Å². The standard InChI is InChI=1S/C11H9Cl2NO5/c12-5-2-1-3-6(13)9(5)10(17)14-7(11(18)19)4-8(15)16/h1-3,7H,4H2,(H,14,17)(H,15,16)(H,18,19). The van der Waals surface area contributed by atoms with Gasteiger partial charge in [-0.05, 0) is 12.1 Å². The Labute approximate surface area is 117 Å². The second-order valence-corrected chi connectivity index (χ2v) is 4.37. The number of carboxylic acids is 2. The Balaban J connectivity index is 2.94. The van der Waals surface area contributed by atoms with Gasteiger partial charge in [-0.2, -0.15) is 0 Å². The lowest BCUT2D eigenvalue weighted by molar-refractivity contribution is -0.145. The Bertz CT molecular complexity index is 512. The Morgan fingerprint density at radius 3 is 2.11 bits per heavy atom. The van der Waals surface area contributed by atoms with Gasteiger partial charge < -0.3 is 15.5 Å². The van der Waals surface area contributed by atoms with Gasteiger partial charge in [0.05, 0.1) is 22.0 Å². The molecule has 0 saturated carbocycles. The summed E-state index contributed by atoms with van der Waals surface area (Å²) >= 11 is 11.6. The van der Waals surface area contributed by atoms with Gasteiger partial charge in [-0.1, -0.05) is 29.3 Å². The number of halogens is 2. The molecule has 102 valence electrons. The highest BCUT2D eigenvalue weighted by atomic mass is 35.5. The lowest BCUT2D eigenvalue weighted by Crippen LogP contribution is -2.42. The normalized spacial score (nSPS) is 11.7. The maximum Gasteiger partial charge on any atom is 0.326 e. The van der Waals surface area contributed by atoms with Crippen LogP contribution in [0.3, 0.4) is 0 Å². The van der Waals surface area contributed by atoms with E-state index in [0.717, 1.165) is 0 Å². The fraction of sp³-hybridized carbons (Fsp3) is 0.182. The Hall–Kier alpha value is -1.79. The van der Waals surface area contributed by atoms with Gasteiger partial charge in [0, 0.05) is 0 Å². The molecular weight excluding hydrogens is 297 g/mol. The Kier molecular flexibility index (Phi) is 5.14. The summed E-state index contributed by atoms with van der Waals surface area (Å²) < 4.78 is 0. The SMILES string of the molecule is O=C(O)CC(NC(=O)c1c(Cl)cccc1Cl)C(=O)O. The van der Waals surface area contributed by atoms with Crippen LogP contribution in [0.1, 0.15) is 16.8 Å². The molecule has 0 bridgehead atoms. The molecule has 1 aromatic carbocycles. The molecule has 1 rings (SSSR count). The monoisotopic (exact) mass is 305 g/mol. The average Bonchev–Trinajstić information content (AvgIpc) is 2.27. The van der Waals surface area contributed by atoms with Crippen molar-refractivity contribution in [1.29, 1.82) is 0 Å². The molecule has 0 aliphatic rings. The van der Waals surface area contributed by atoms with Crippen molar-refractivity contribution in [2.75, 3.05) is 0 Å². The molecule has 0 aromatic heterocycles. The number of carbonyl (C=O) groups is 3. The minimum absolute atomic E-state index is 0.0458. The molecule has 19 heavy (non-hydrogen) atoms. The molecule has 1 atom stereocenters. The van der Waals surface area contributed by atoms with E-state index < -0.39 is 30.3 Å². The lowest BCUT2D eigenvalue weighted by atomic mass is 10.1. The summed E-state index contributed by atoms with van der Waals surface area (Å²) in [6, 6.07) is 2.79. The first-order valence-electron chi connectivity index (χ1n) is 5.02. The first kappa shape index (κ1) is 15.3. The number of hydrogen-bond donors (Lipinski definition) is 3. The van der Waals surface area contributed by atoms with Crippen LogP contribution < -0.4 is 5.32 Å². The van der Waals surface area contributed by atoms with Crippen molar-refractivity contribution in [2.24, 2.45) is 0 Å². The number of amides is 1. The maximum absolute atomic E-state index is 11.8. The molecule has 0 fully saturated rings. The highest BCUT2D eigenvalue weighted by Crippen LogP contribution is 2.24. The zero-order chi connectivity index (χ0) is 14.6. The number of aliphatic carboxylic acids is 2. The molecule has 3 N–H and O–H groups in total. The van der Waals surface area contributed by atoms with Crippen molar-refractivity contribution in [3.63, 3.8) is 0 Å². The van der Waals surface area contributed by atoms with E-state index in [0.29, 0.717) is 0 Å². The van der Waals surface area contributed by atoms with Crippen molar-refractivity contribution < 1.29 is 24.6 Å². The summed E-state index contributed by atoms with van der Waals surface area (Å²) in [5.74, 6) is -3.65. The van der Waals surface area contributed by atoms with E-state index in [2.05, 4.69) is 5.32 Å². The molecule has 1 aromatic rings. The molecule has 1 unspecified atom stereocenters. The Morgan fingerprint density at radius 2 is 1.68 bits per heavy atom. The summed E-state index contributed by atoms with van der Waals surface area (Å²) in [6.07, 6.45) is -0.747. The van der Waals surface area contributed by atoms with Gasteiger partial charge in [0.25, 0.3) is 5.91 Å². The van der Waals surface area contributed by atoms with Crippen LogP contribution in [0, 0.1) is 0 Å². The highest BCUT2D eigenvalue weighted by molar-refractivity contribution is 6.39. The number of carbonyl (C=O) groups excluding carboxylic acids is 1. The third kappa shape index (κ3) is 4.11. The van der Waals surface area contributed by atoms with E-state index in [1.54, 1.807) is 0 Å². The minimum Gasteiger partial charge on any atom is -0.481 e. The van der Waals surface area contributed by atoms with Gasteiger partial charge in [0.2, 0.25) is 0 Å². The van der Waals surface area contributed by atoms with Crippen LogP contribution in [0.15, 0.2) is 18.2 Å². The molecule has 0 radical (unpaired) electrons. The molecular formula is C11H9Cl2NO5. The smallest absolute Gasteiger partial charge is 0.326 e. The summed E-state index contributed by atoms with van der Waals surface area (Å²) in [6.45, 7) is 0. The quantitative estimate of drug-likeness (QED) is 0.767. The zero-order valence-corrected chi connectivity index (χ0v) is 10.9. The summed E-state index contributed by atoms with van der Waals surface area (Å²) in [5.41, 5.74) is -0.0949. The highest BCUT2D eigenvalue weighted by Gasteiger charge is 2.25. The van der Waals surface area contributed by atoms with Gasteiger partial charge in [-0.25, -0.2) is 4.79 Å². The third-order valence-electron chi connectivity index (χ3n) is 2.17. The number of rotatable bonds is 5. The van der Waals surface area contributed by atoms with Crippen LogP contribution in [0.5, 0.6) is 0 Å². The molecule has 0 spiro atoms. The average molecular weight is 306 g/mol. The maximum atomic E-state index is 11.8. The van der Waals surface area contributed by atoms with Crippen molar-refractivity contribution in [1.82, 2.24) is 5.32 Å². The van der Waals surface area contributed by atoms with Crippen LogP contribution in [0.2, 0.25) is 10.0 Å². The van der Waals surface area contributed by atoms with Gasteiger partial charge >= 0.3 is 11.9 Å². The van der Waals surface area contributed by atoms with Crippen LogP contribution in [-0.2, 0) is 9.59 Å². The lowest BCUT2D eigenvalue weighted by Gasteiger charge is -2.13. The van der Waals surface area contributed by atoms with Crippen molar-refractivity contribution in [3.05, 3.63) is 33.8 Å². The Morgan fingerprint density at radius 1 is 1.16 bits per heavy atom. The molecule has 1 amide bonds. The van der Waals surface area contributed by atoms with E-state index in [9.17, 15) is 14.4 Å². The molecule has 0 saturated heterocycles. The summed E-state index contributed by atoms with van der Waals surface area (Å²) in [7, 11) is 0. The summed E-state index contributed by atoms with van der Waals surface area (Å²) in [5, 5.41) is 19.5. The fourth-order valence-electron chi connectivity index (χ4n) is 1.32. The minimum atomic E-state index is -1.56. The van der Waals surface area contributed by atoms with E-state index in [-0.39, 0.29) is 15.6 Å². The van der Waals surface area contributed by atoms with E-state index in [1.165, 1.54) is 18.2 Å². The first-order chi connectivity index (χ1) is 8.82. The number of benzene rings is 1. The molecule has 6 nitrogen and oxygen atoms in total. The van der Waals surface area contributed by atoms with Crippen molar-refractivity contribution >= 4 is 41.0 Å². The molecule has 0 aliphatic carbocycles. The van der Waals surface area contributed by atoms with Gasteiger partial charge in [0.15, 0.2) is 0 Å². The van der Waals surface area contributed by atoms with E-state index >= 15 is 0 Å². The zero-order valence-electron chi connectivity index (χ0n) is 9.39. The predicted molar refractivity (Wildman–Crippen MR) is 67.6 cm³/mol. The van der Waals surface area contributed by atoms with E-state index in [4.69, 9.17) is 33.4 Å². The van der Waals surface area contributed by atoms with Gasteiger partial charge in [-0.15, -0.1) is 0 Å². The second kappa shape index (κ2) is 6.40. The van der Waals surface area contributed by atoms with Gasteiger partial charge in [-0.3, -0.25) is 9.59 Å².